The van der Waals surface area contributed by atoms with E-state index in [9.17, 15) is 22.8 Å². The molecule has 0 unspecified atom stereocenters. The maximum Gasteiger partial charge on any atom is 0.416 e. The smallest absolute Gasteiger partial charge is 0.352 e. The van der Waals surface area contributed by atoms with Gasteiger partial charge < -0.3 is 15.1 Å². The van der Waals surface area contributed by atoms with Gasteiger partial charge in [-0.3, -0.25) is 4.79 Å². The molecule has 1 fully saturated rings. The lowest BCUT2D eigenvalue weighted by atomic mass is 9.96. The Morgan fingerprint density at radius 3 is 2.34 bits per heavy atom. The van der Waals surface area contributed by atoms with E-state index in [-0.39, 0.29) is 30.0 Å². The molecular weight excluding hydrogens is 423 g/mol. The van der Waals surface area contributed by atoms with E-state index < -0.39 is 11.7 Å². The normalized spacial score (nSPS) is 15.0. The van der Waals surface area contributed by atoms with Crippen molar-refractivity contribution in [2.24, 2.45) is 5.92 Å². The summed E-state index contributed by atoms with van der Waals surface area (Å²) in [6.45, 7) is 4.22. The van der Waals surface area contributed by atoms with Crippen molar-refractivity contribution >= 4 is 11.9 Å². The third-order valence-corrected chi connectivity index (χ3v) is 5.62. The minimum absolute atomic E-state index is 0.00338. The van der Waals surface area contributed by atoms with Crippen LogP contribution >= 0.6 is 0 Å². The molecule has 0 spiro atoms. The number of amides is 3. The average Bonchev–Trinajstić information content (AvgIpc) is 3.08. The molecule has 0 aliphatic carbocycles. The van der Waals surface area contributed by atoms with Crippen LogP contribution in [0.5, 0.6) is 0 Å². The molecule has 2 aromatic rings. The summed E-state index contributed by atoms with van der Waals surface area (Å²) in [4.78, 5) is 27.7. The zero-order valence-electron chi connectivity index (χ0n) is 18.7. The number of hydrogen-bond donors (Lipinski definition) is 1. The zero-order chi connectivity index (χ0) is 23.6. The van der Waals surface area contributed by atoms with E-state index in [0.29, 0.717) is 37.3 Å². The van der Waals surface area contributed by atoms with Gasteiger partial charge in [0.2, 0.25) is 5.91 Å². The van der Waals surface area contributed by atoms with E-state index >= 15 is 0 Å². The van der Waals surface area contributed by atoms with Crippen molar-refractivity contribution in [3.8, 4) is 5.69 Å². The van der Waals surface area contributed by atoms with Crippen molar-refractivity contribution in [1.82, 2.24) is 24.9 Å². The van der Waals surface area contributed by atoms with Crippen LogP contribution in [0.25, 0.3) is 5.69 Å². The van der Waals surface area contributed by atoms with Crippen molar-refractivity contribution in [3.63, 3.8) is 0 Å². The van der Waals surface area contributed by atoms with E-state index in [2.05, 4.69) is 10.4 Å². The fraction of sp³-hybridized carbons (Fsp3) is 0.500. The largest absolute Gasteiger partial charge is 0.416 e. The van der Waals surface area contributed by atoms with Gasteiger partial charge in [0.15, 0.2) is 0 Å². The highest BCUT2D eigenvalue weighted by atomic mass is 19.4. The number of piperidine rings is 1. The number of nitrogens with zero attached hydrogens (tertiary/aromatic N) is 4. The van der Waals surface area contributed by atoms with Gasteiger partial charge in [0, 0.05) is 45.3 Å². The van der Waals surface area contributed by atoms with Crippen LogP contribution in [0.4, 0.5) is 18.0 Å². The molecule has 3 amide bonds. The van der Waals surface area contributed by atoms with Gasteiger partial charge >= 0.3 is 12.2 Å². The van der Waals surface area contributed by atoms with Gasteiger partial charge in [-0.25, -0.2) is 9.48 Å². The van der Waals surface area contributed by atoms with Gasteiger partial charge in [-0.2, -0.15) is 18.3 Å². The molecule has 32 heavy (non-hydrogen) atoms. The summed E-state index contributed by atoms with van der Waals surface area (Å²) in [7, 11) is 3.33. The van der Waals surface area contributed by atoms with Crippen LogP contribution in [0.1, 0.15) is 35.4 Å². The number of nitrogens with one attached hydrogen (secondary N) is 1. The van der Waals surface area contributed by atoms with Crippen LogP contribution in [-0.2, 0) is 17.5 Å². The van der Waals surface area contributed by atoms with Gasteiger partial charge in [0.1, 0.15) is 0 Å². The van der Waals surface area contributed by atoms with Crippen molar-refractivity contribution in [1.29, 1.82) is 0 Å². The number of carbonyl (C=O) groups is 2. The molecule has 3 rings (SSSR count). The number of halogens is 3. The summed E-state index contributed by atoms with van der Waals surface area (Å²) in [5.74, 6) is -0.623. The number of likely N-dealkylation sites (tertiary alicyclic amines) is 1. The SMILES string of the molecule is Cc1cc(C)n(-c2ccc(CNC(=O)C3CCN(C(=O)N(C)C)CC3)c(C(F)(F)F)c2)n1. The number of alkyl halides is 3. The number of benzene rings is 1. The quantitative estimate of drug-likeness (QED) is 0.773. The molecule has 7 nitrogen and oxygen atoms in total. The number of urea groups is 1. The van der Waals surface area contributed by atoms with Crippen molar-refractivity contribution in [2.45, 2.75) is 39.4 Å². The second kappa shape index (κ2) is 9.22. The van der Waals surface area contributed by atoms with Crippen LogP contribution in [0.15, 0.2) is 24.3 Å². The summed E-state index contributed by atoms with van der Waals surface area (Å²) in [5.41, 5.74) is 0.961. The maximum atomic E-state index is 13.7. The monoisotopic (exact) mass is 451 g/mol. The molecule has 1 aromatic heterocycles. The predicted octanol–water partition coefficient (Wildman–Crippen LogP) is 3.52. The van der Waals surface area contributed by atoms with Crippen LogP contribution in [0.2, 0.25) is 0 Å². The highest BCUT2D eigenvalue weighted by Gasteiger charge is 2.34. The van der Waals surface area contributed by atoms with Crippen molar-refractivity contribution < 1.29 is 22.8 Å². The van der Waals surface area contributed by atoms with E-state index in [4.69, 9.17) is 0 Å². The Hall–Kier alpha value is -3.04. The minimum atomic E-state index is -4.57. The van der Waals surface area contributed by atoms with Gasteiger partial charge in [0.25, 0.3) is 0 Å². The molecule has 1 N–H and O–H groups in total. The summed E-state index contributed by atoms with van der Waals surface area (Å²) in [6, 6.07) is 5.70. The Morgan fingerprint density at radius 1 is 1.16 bits per heavy atom. The molecule has 10 heteroatoms. The maximum absolute atomic E-state index is 13.7. The first kappa shape index (κ1) is 23.6. The number of rotatable bonds is 4. The van der Waals surface area contributed by atoms with Gasteiger partial charge in [-0.1, -0.05) is 6.07 Å². The minimum Gasteiger partial charge on any atom is -0.352 e. The molecule has 2 heterocycles. The number of aromatic nitrogens is 2. The van der Waals surface area contributed by atoms with E-state index in [1.807, 2.05) is 0 Å². The molecule has 1 aliphatic heterocycles. The van der Waals surface area contributed by atoms with Gasteiger partial charge in [-0.15, -0.1) is 0 Å². The highest BCUT2D eigenvalue weighted by molar-refractivity contribution is 5.79. The second-order valence-corrected chi connectivity index (χ2v) is 8.33. The fourth-order valence-corrected chi connectivity index (χ4v) is 3.95. The molecule has 0 atom stereocenters. The standard InChI is InChI=1S/C22H28F3N5O2/c1-14-11-15(2)30(27-14)18-6-5-17(19(12-18)22(23,24)25)13-26-20(31)16-7-9-29(10-8-16)21(32)28(3)4/h5-6,11-12,16H,7-10,13H2,1-4H3,(H,26,31). The first-order valence-corrected chi connectivity index (χ1v) is 10.4. The van der Waals surface area contributed by atoms with Gasteiger partial charge in [0.05, 0.1) is 16.9 Å². The van der Waals surface area contributed by atoms with E-state index in [1.54, 1.807) is 45.0 Å². The number of hydrogen-bond acceptors (Lipinski definition) is 3. The van der Waals surface area contributed by atoms with Crippen LogP contribution in [-0.4, -0.2) is 58.7 Å². The average molecular weight is 451 g/mol. The second-order valence-electron chi connectivity index (χ2n) is 8.33. The van der Waals surface area contributed by atoms with Crippen LogP contribution in [0.3, 0.4) is 0 Å². The van der Waals surface area contributed by atoms with Crippen molar-refractivity contribution in [2.75, 3.05) is 27.2 Å². The third kappa shape index (κ3) is 5.23. The summed E-state index contributed by atoms with van der Waals surface area (Å²) < 4.78 is 42.7. The molecular formula is C22H28F3N5O2. The Balaban J connectivity index is 1.69. The first-order chi connectivity index (χ1) is 15.0. The summed E-state index contributed by atoms with van der Waals surface area (Å²) >= 11 is 0. The Bertz CT molecular complexity index is 992. The molecule has 1 aromatic carbocycles. The number of carbonyl (C=O) groups excluding carboxylic acids is 2. The summed E-state index contributed by atoms with van der Waals surface area (Å²) in [5, 5.41) is 6.89. The zero-order valence-corrected chi connectivity index (χ0v) is 18.7. The third-order valence-electron chi connectivity index (χ3n) is 5.62. The van der Waals surface area contributed by atoms with Gasteiger partial charge in [-0.05, 0) is 50.5 Å². The molecule has 174 valence electrons. The topological polar surface area (TPSA) is 70.5 Å². The molecule has 1 saturated heterocycles. The van der Waals surface area contributed by atoms with Crippen LogP contribution < -0.4 is 5.32 Å². The van der Waals surface area contributed by atoms with E-state index in [0.717, 1.165) is 11.8 Å². The van der Waals surface area contributed by atoms with E-state index in [1.165, 1.54) is 15.6 Å². The summed E-state index contributed by atoms with van der Waals surface area (Å²) in [6.07, 6.45) is -3.60. The number of aryl methyl sites for hydroxylation is 2. The lowest BCUT2D eigenvalue weighted by Crippen LogP contribution is -2.46. The molecule has 0 saturated carbocycles. The fourth-order valence-electron chi connectivity index (χ4n) is 3.95. The predicted molar refractivity (Wildman–Crippen MR) is 113 cm³/mol. The lowest BCUT2D eigenvalue weighted by molar-refractivity contribution is -0.138. The highest BCUT2D eigenvalue weighted by Crippen LogP contribution is 2.34. The lowest BCUT2D eigenvalue weighted by Gasteiger charge is -2.33. The van der Waals surface area contributed by atoms with Crippen molar-refractivity contribution in [3.05, 3.63) is 46.8 Å². The molecule has 0 bridgehead atoms. The molecule has 1 aliphatic rings. The Morgan fingerprint density at radius 2 is 1.81 bits per heavy atom. The Kier molecular flexibility index (Phi) is 6.80. The molecule has 0 radical (unpaired) electrons. The Labute approximate surface area is 185 Å². The van der Waals surface area contributed by atoms with Crippen LogP contribution in [0, 0.1) is 19.8 Å². The first-order valence-electron chi connectivity index (χ1n) is 10.4.